The van der Waals surface area contributed by atoms with Crippen molar-refractivity contribution in [2.45, 2.75) is 5.41 Å². The van der Waals surface area contributed by atoms with Crippen molar-refractivity contribution in [1.29, 1.82) is 0 Å². The topological polar surface area (TPSA) is 17.1 Å². The van der Waals surface area contributed by atoms with Gasteiger partial charge in [-0.15, -0.1) is 0 Å². The van der Waals surface area contributed by atoms with Crippen LogP contribution >= 0.6 is 0 Å². The van der Waals surface area contributed by atoms with Crippen molar-refractivity contribution in [2.75, 3.05) is 0 Å². The average Bonchev–Trinajstić information content (AvgIpc) is 2.76. The standard InChI is InChI=1S/C26H18O/c27-25-21-15-7-9-17-23(21)26(19-11-3-1-4-12-19,20-13-5-2-6-14-20)24-18-10-8-16-22(24)25/h1-18H. The molecular formula is C26H18O. The Balaban J connectivity index is 2.01. The second-order valence-electron chi connectivity index (χ2n) is 6.90. The predicted octanol–water partition coefficient (Wildman–Crippen LogP) is 5.61. The van der Waals surface area contributed by atoms with E-state index in [1.807, 2.05) is 48.5 Å². The predicted molar refractivity (Wildman–Crippen MR) is 108 cm³/mol. The van der Waals surface area contributed by atoms with Gasteiger partial charge in [-0.05, 0) is 22.3 Å². The third-order valence-corrected chi connectivity index (χ3v) is 5.56. The fraction of sp³-hybridized carbons (Fsp3) is 0.0385. The fourth-order valence-corrected chi connectivity index (χ4v) is 4.47. The van der Waals surface area contributed by atoms with Gasteiger partial charge in [0.15, 0.2) is 5.78 Å². The molecule has 128 valence electrons. The zero-order chi connectivity index (χ0) is 18.3. The van der Waals surface area contributed by atoms with Crippen molar-refractivity contribution in [3.63, 3.8) is 0 Å². The van der Waals surface area contributed by atoms with Gasteiger partial charge in [0.2, 0.25) is 0 Å². The van der Waals surface area contributed by atoms with Gasteiger partial charge in [0.25, 0.3) is 0 Å². The Morgan fingerprint density at radius 2 is 0.815 bits per heavy atom. The number of fused-ring (bicyclic) bond motifs is 2. The SMILES string of the molecule is O=C1c2ccccc2C(c2ccccc2)(c2ccccc2)c2ccccc21. The minimum Gasteiger partial charge on any atom is -0.289 e. The summed E-state index contributed by atoms with van der Waals surface area (Å²) in [5.74, 6) is 0.101. The molecular weight excluding hydrogens is 328 g/mol. The van der Waals surface area contributed by atoms with Gasteiger partial charge in [-0.25, -0.2) is 0 Å². The summed E-state index contributed by atoms with van der Waals surface area (Å²) in [6.07, 6.45) is 0. The molecule has 0 heterocycles. The molecule has 0 saturated carbocycles. The summed E-state index contributed by atoms with van der Waals surface area (Å²) >= 11 is 0. The molecule has 0 bridgehead atoms. The summed E-state index contributed by atoms with van der Waals surface area (Å²) in [4.78, 5) is 13.3. The van der Waals surface area contributed by atoms with Crippen molar-refractivity contribution < 1.29 is 4.79 Å². The quantitative estimate of drug-likeness (QED) is 0.406. The Labute approximate surface area is 158 Å². The van der Waals surface area contributed by atoms with Gasteiger partial charge in [0, 0.05) is 11.1 Å². The van der Waals surface area contributed by atoms with E-state index in [-0.39, 0.29) is 5.78 Å². The van der Waals surface area contributed by atoms with Crippen LogP contribution in [0.2, 0.25) is 0 Å². The molecule has 4 aromatic rings. The van der Waals surface area contributed by atoms with Gasteiger partial charge in [0.1, 0.15) is 0 Å². The first-order valence-electron chi connectivity index (χ1n) is 9.18. The van der Waals surface area contributed by atoms with Crippen molar-refractivity contribution in [2.24, 2.45) is 0 Å². The van der Waals surface area contributed by atoms with E-state index in [1.165, 1.54) is 11.1 Å². The maximum Gasteiger partial charge on any atom is 0.193 e. The summed E-state index contributed by atoms with van der Waals surface area (Å²) in [5, 5.41) is 0. The van der Waals surface area contributed by atoms with Crippen LogP contribution in [-0.4, -0.2) is 5.78 Å². The Kier molecular flexibility index (Phi) is 3.54. The first-order chi connectivity index (χ1) is 13.3. The first-order valence-corrected chi connectivity index (χ1v) is 9.18. The molecule has 0 spiro atoms. The third-order valence-electron chi connectivity index (χ3n) is 5.56. The molecule has 27 heavy (non-hydrogen) atoms. The molecule has 1 nitrogen and oxygen atoms in total. The van der Waals surface area contributed by atoms with E-state index in [2.05, 4.69) is 60.7 Å². The van der Waals surface area contributed by atoms with Crippen LogP contribution in [0.1, 0.15) is 38.2 Å². The highest BCUT2D eigenvalue weighted by molar-refractivity contribution is 6.14. The second kappa shape index (κ2) is 6.07. The number of hydrogen-bond donors (Lipinski definition) is 0. The Bertz CT molecular complexity index is 1040. The average molecular weight is 346 g/mol. The summed E-state index contributed by atoms with van der Waals surface area (Å²) in [6.45, 7) is 0. The van der Waals surface area contributed by atoms with E-state index in [9.17, 15) is 4.79 Å². The number of benzene rings is 4. The van der Waals surface area contributed by atoms with Crippen molar-refractivity contribution in [3.8, 4) is 0 Å². The van der Waals surface area contributed by atoms with Crippen LogP contribution in [0, 0.1) is 0 Å². The Morgan fingerprint density at radius 1 is 0.444 bits per heavy atom. The first kappa shape index (κ1) is 15.8. The van der Waals surface area contributed by atoms with Gasteiger partial charge in [-0.2, -0.15) is 0 Å². The third kappa shape index (κ3) is 2.15. The van der Waals surface area contributed by atoms with Crippen LogP contribution in [0.25, 0.3) is 0 Å². The van der Waals surface area contributed by atoms with Crippen LogP contribution in [0.5, 0.6) is 0 Å². The van der Waals surface area contributed by atoms with E-state index in [0.29, 0.717) is 0 Å². The summed E-state index contributed by atoms with van der Waals surface area (Å²) in [6, 6.07) is 37.1. The van der Waals surface area contributed by atoms with Crippen molar-refractivity contribution >= 4 is 5.78 Å². The molecule has 1 aliphatic rings. The molecule has 0 saturated heterocycles. The zero-order valence-electron chi connectivity index (χ0n) is 14.8. The van der Waals surface area contributed by atoms with Gasteiger partial charge >= 0.3 is 0 Å². The van der Waals surface area contributed by atoms with Gasteiger partial charge in [-0.1, -0.05) is 109 Å². The second-order valence-corrected chi connectivity index (χ2v) is 6.90. The number of rotatable bonds is 2. The minimum absolute atomic E-state index is 0.101. The van der Waals surface area contributed by atoms with Crippen molar-refractivity contribution in [1.82, 2.24) is 0 Å². The lowest BCUT2D eigenvalue weighted by Crippen LogP contribution is -2.38. The maximum atomic E-state index is 13.3. The normalized spacial score (nSPS) is 14.3. The minimum atomic E-state index is -0.510. The molecule has 0 amide bonds. The lowest BCUT2D eigenvalue weighted by atomic mass is 9.59. The molecule has 4 aromatic carbocycles. The smallest absolute Gasteiger partial charge is 0.193 e. The summed E-state index contributed by atoms with van der Waals surface area (Å²) in [7, 11) is 0. The molecule has 0 fully saturated rings. The molecule has 0 unspecified atom stereocenters. The van der Waals surface area contributed by atoms with E-state index in [4.69, 9.17) is 0 Å². The van der Waals surface area contributed by atoms with Gasteiger partial charge < -0.3 is 0 Å². The Hall–Kier alpha value is -3.45. The van der Waals surface area contributed by atoms with E-state index in [0.717, 1.165) is 22.3 Å². The molecule has 0 aromatic heterocycles. The highest BCUT2D eigenvalue weighted by atomic mass is 16.1. The largest absolute Gasteiger partial charge is 0.289 e. The monoisotopic (exact) mass is 346 g/mol. The fourth-order valence-electron chi connectivity index (χ4n) is 4.47. The van der Waals surface area contributed by atoms with Crippen LogP contribution in [-0.2, 0) is 5.41 Å². The molecule has 0 N–H and O–H groups in total. The van der Waals surface area contributed by atoms with Crippen LogP contribution in [0.4, 0.5) is 0 Å². The van der Waals surface area contributed by atoms with Crippen LogP contribution in [0.15, 0.2) is 109 Å². The number of ketones is 1. The van der Waals surface area contributed by atoms with Crippen LogP contribution in [0.3, 0.4) is 0 Å². The number of carbonyl (C=O) groups is 1. The Morgan fingerprint density at radius 3 is 1.26 bits per heavy atom. The van der Waals surface area contributed by atoms with Gasteiger partial charge in [-0.3, -0.25) is 4.79 Å². The van der Waals surface area contributed by atoms with E-state index in [1.54, 1.807) is 0 Å². The molecule has 1 heteroatoms. The molecule has 0 radical (unpaired) electrons. The molecule has 5 rings (SSSR count). The maximum absolute atomic E-state index is 13.3. The van der Waals surface area contributed by atoms with E-state index >= 15 is 0 Å². The highest BCUT2D eigenvalue weighted by Crippen LogP contribution is 2.50. The molecule has 0 aliphatic heterocycles. The van der Waals surface area contributed by atoms with E-state index < -0.39 is 5.41 Å². The molecule has 1 aliphatic carbocycles. The van der Waals surface area contributed by atoms with Crippen molar-refractivity contribution in [3.05, 3.63) is 143 Å². The summed E-state index contributed by atoms with van der Waals surface area (Å²) < 4.78 is 0. The number of hydrogen-bond acceptors (Lipinski definition) is 1. The van der Waals surface area contributed by atoms with Crippen LogP contribution < -0.4 is 0 Å². The lowest BCUT2D eigenvalue weighted by Gasteiger charge is -2.41. The zero-order valence-corrected chi connectivity index (χ0v) is 14.8. The highest BCUT2D eigenvalue weighted by Gasteiger charge is 2.45. The summed E-state index contributed by atoms with van der Waals surface area (Å²) in [5.41, 5.74) is 5.49. The lowest BCUT2D eigenvalue weighted by molar-refractivity contribution is 0.103. The number of carbonyl (C=O) groups excluding carboxylic acids is 1. The van der Waals surface area contributed by atoms with Gasteiger partial charge in [0.05, 0.1) is 5.41 Å². The molecule has 0 atom stereocenters.